The Morgan fingerprint density at radius 3 is 3.00 bits per heavy atom. The number of esters is 1. The molecule has 2 atom stereocenters. The predicted octanol–water partition coefficient (Wildman–Crippen LogP) is -1.48. The highest BCUT2D eigenvalue weighted by molar-refractivity contribution is 5.75. The summed E-state index contributed by atoms with van der Waals surface area (Å²) >= 11 is 0. The van der Waals surface area contributed by atoms with Crippen LogP contribution in [0, 0.1) is 5.41 Å². The van der Waals surface area contributed by atoms with Crippen molar-refractivity contribution in [2.24, 2.45) is 0 Å². The fraction of sp³-hybridized carbons (Fsp3) is 0.455. The zero-order valence-electron chi connectivity index (χ0n) is 10.8. The highest BCUT2D eigenvalue weighted by atomic mass is 16.5. The van der Waals surface area contributed by atoms with Crippen LogP contribution in [0.25, 0.3) is 11.2 Å². The van der Waals surface area contributed by atoms with Gasteiger partial charge in [-0.1, -0.05) is 0 Å². The smallest absolute Gasteiger partial charge is 0.337 e. The van der Waals surface area contributed by atoms with Crippen LogP contribution in [0.15, 0.2) is 12.7 Å². The van der Waals surface area contributed by atoms with Gasteiger partial charge in [-0.2, -0.15) is 0 Å². The summed E-state index contributed by atoms with van der Waals surface area (Å²) in [6.45, 7) is 1.62. The van der Waals surface area contributed by atoms with Crippen molar-refractivity contribution < 1.29 is 19.7 Å². The summed E-state index contributed by atoms with van der Waals surface area (Å²) in [6, 6.07) is 0. The Kier molecular flexibility index (Phi) is 4.11. The first-order valence-corrected chi connectivity index (χ1v) is 6.00. The van der Waals surface area contributed by atoms with Crippen molar-refractivity contribution in [3.05, 3.63) is 18.1 Å². The van der Waals surface area contributed by atoms with Gasteiger partial charge in [0, 0.05) is 0 Å². The molecule has 2 unspecified atom stereocenters. The largest absolute Gasteiger partial charge is 0.464 e. The van der Waals surface area contributed by atoms with E-state index in [1.165, 1.54) is 17.2 Å². The highest BCUT2D eigenvalue weighted by Gasteiger charge is 2.26. The number of aromatic nitrogens is 4. The number of carbonyl (C=O) groups is 1. The highest BCUT2D eigenvalue weighted by Crippen LogP contribution is 2.06. The van der Waals surface area contributed by atoms with Crippen LogP contribution in [0.4, 0.5) is 0 Å². The van der Waals surface area contributed by atoms with Crippen molar-refractivity contribution in [1.29, 1.82) is 5.41 Å². The quantitative estimate of drug-likeness (QED) is 0.493. The minimum absolute atomic E-state index is 0.0224. The van der Waals surface area contributed by atoms with E-state index in [4.69, 9.17) is 5.41 Å². The molecule has 0 radical (unpaired) electrons. The molecule has 0 aliphatic rings. The van der Waals surface area contributed by atoms with Gasteiger partial charge in [-0.25, -0.2) is 14.8 Å². The maximum atomic E-state index is 11.3. The first-order valence-electron chi connectivity index (χ1n) is 6.00. The second kappa shape index (κ2) is 5.80. The third kappa shape index (κ3) is 2.68. The van der Waals surface area contributed by atoms with E-state index in [9.17, 15) is 15.0 Å². The molecule has 0 spiro atoms. The summed E-state index contributed by atoms with van der Waals surface area (Å²) in [5, 5.41) is 27.1. The molecule has 2 aromatic heterocycles. The van der Waals surface area contributed by atoms with Crippen LogP contribution in [-0.2, 0) is 16.1 Å². The number of fused-ring (bicyclic) bond motifs is 1. The van der Waals surface area contributed by atoms with Crippen molar-refractivity contribution in [3.8, 4) is 0 Å². The van der Waals surface area contributed by atoms with E-state index < -0.39 is 18.2 Å². The average molecular weight is 281 g/mol. The molecule has 4 N–H and O–H groups in total. The van der Waals surface area contributed by atoms with Crippen LogP contribution < -0.4 is 5.49 Å². The van der Waals surface area contributed by atoms with Gasteiger partial charge in [-0.3, -0.25) is 5.41 Å². The normalized spacial score (nSPS) is 14.2. The average Bonchev–Trinajstić information content (AvgIpc) is 2.91. The summed E-state index contributed by atoms with van der Waals surface area (Å²) in [5.41, 5.74) is 0.833. The number of carbonyl (C=O) groups excluding carboxylic acids is 1. The number of imidazole rings is 1. The van der Waals surface area contributed by atoms with Gasteiger partial charge in [-0.05, 0) is 6.92 Å². The number of nitrogens with one attached hydrogen (secondary N) is 2. The Labute approximate surface area is 113 Å². The molecule has 2 rings (SSSR count). The lowest BCUT2D eigenvalue weighted by atomic mass is 10.2. The van der Waals surface area contributed by atoms with E-state index in [1.807, 2.05) is 0 Å². The standard InChI is InChI=1S/C11H15N5O4/c1-2-20-11(19)8(18)6(17)3-16-5-15-9(12)7-10(16)14-4-13-7/h4-6,8,12,17-18H,2-3H2,1H3,(H,13,14). The van der Waals surface area contributed by atoms with Gasteiger partial charge in [0.1, 0.15) is 11.6 Å². The Bertz CT molecular complexity index is 664. The first kappa shape index (κ1) is 14.2. The Hall–Kier alpha value is -2.26. The minimum atomic E-state index is -1.65. The molecule has 0 amide bonds. The van der Waals surface area contributed by atoms with Crippen LogP contribution in [0.3, 0.4) is 0 Å². The maximum Gasteiger partial charge on any atom is 0.337 e. The number of aliphatic hydroxyl groups is 2. The van der Waals surface area contributed by atoms with Gasteiger partial charge in [0.05, 0.1) is 25.8 Å². The number of ether oxygens (including phenoxy) is 1. The number of hydrogen-bond acceptors (Lipinski definition) is 7. The fourth-order valence-corrected chi connectivity index (χ4v) is 1.75. The lowest BCUT2D eigenvalue weighted by Crippen LogP contribution is -2.38. The summed E-state index contributed by atoms with van der Waals surface area (Å²) < 4.78 is 6.07. The maximum absolute atomic E-state index is 11.3. The number of nitrogens with zero attached hydrogens (tertiary/aromatic N) is 3. The number of aromatic amines is 1. The van der Waals surface area contributed by atoms with Gasteiger partial charge in [0.25, 0.3) is 0 Å². The second-order valence-electron chi connectivity index (χ2n) is 4.11. The SMILES string of the molecule is CCOC(=O)C(O)C(O)Cn1cnc(=N)c2[nH]cnc21. The summed E-state index contributed by atoms with van der Waals surface area (Å²) in [6.07, 6.45) is -0.300. The molecule has 108 valence electrons. The summed E-state index contributed by atoms with van der Waals surface area (Å²) in [7, 11) is 0. The molecule has 2 heterocycles. The monoisotopic (exact) mass is 281 g/mol. The van der Waals surface area contributed by atoms with Crippen LogP contribution in [0.5, 0.6) is 0 Å². The number of H-pyrrole nitrogens is 1. The van der Waals surface area contributed by atoms with E-state index in [0.29, 0.717) is 11.2 Å². The van der Waals surface area contributed by atoms with Crippen molar-refractivity contribution in [2.45, 2.75) is 25.7 Å². The zero-order valence-corrected chi connectivity index (χ0v) is 10.8. The molecule has 2 aromatic rings. The Morgan fingerprint density at radius 1 is 1.55 bits per heavy atom. The molecule has 20 heavy (non-hydrogen) atoms. The third-order valence-electron chi connectivity index (χ3n) is 2.73. The molecular weight excluding hydrogens is 266 g/mol. The van der Waals surface area contributed by atoms with E-state index >= 15 is 0 Å². The van der Waals surface area contributed by atoms with Crippen molar-refractivity contribution >= 4 is 17.1 Å². The van der Waals surface area contributed by atoms with Gasteiger partial charge in [0.2, 0.25) is 0 Å². The molecule has 9 heteroatoms. The number of hydrogen-bond donors (Lipinski definition) is 4. The van der Waals surface area contributed by atoms with Crippen molar-refractivity contribution in [3.63, 3.8) is 0 Å². The molecule has 0 fully saturated rings. The minimum Gasteiger partial charge on any atom is -0.464 e. The topological polar surface area (TPSA) is 137 Å². The molecule has 0 saturated carbocycles. The predicted molar refractivity (Wildman–Crippen MR) is 66.4 cm³/mol. The van der Waals surface area contributed by atoms with E-state index in [2.05, 4.69) is 19.7 Å². The molecule has 0 aliphatic heterocycles. The van der Waals surface area contributed by atoms with E-state index in [1.54, 1.807) is 6.92 Å². The molecule has 9 nitrogen and oxygen atoms in total. The van der Waals surface area contributed by atoms with E-state index in [0.717, 1.165) is 0 Å². The van der Waals surface area contributed by atoms with Gasteiger partial charge in [0.15, 0.2) is 17.2 Å². The van der Waals surface area contributed by atoms with Gasteiger partial charge in [-0.15, -0.1) is 0 Å². The molecule has 0 aromatic carbocycles. The second-order valence-corrected chi connectivity index (χ2v) is 4.11. The van der Waals surface area contributed by atoms with Gasteiger partial charge >= 0.3 is 5.97 Å². The van der Waals surface area contributed by atoms with Gasteiger partial charge < -0.3 is 24.5 Å². The first-order chi connectivity index (χ1) is 9.54. The molecule has 0 saturated heterocycles. The van der Waals surface area contributed by atoms with E-state index in [-0.39, 0.29) is 18.6 Å². The Morgan fingerprint density at radius 2 is 2.30 bits per heavy atom. The zero-order chi connectivity index (χ0) is 14.7. The summed E-state index contributed by atoms with van der Waals surface area (Å²) in [4.78, 5) is 21.9. The lowest BCUT2D eigenvalue weighted by Gasteiger charge is -2.17. The number of rotatable bonds is 5. The fourth-order valence-electron chi connectivity index (χ4n) is 1.75. The Balaban J connectivity index is 2.20. The molecular formula is C11H15N5O4. The number of aliphatic hydroxyl groups excluding tert-OH is 2. The van der Waals surface area contributed by atoms with Crippen LogP contribution >= 0.6 is 0 Å². The lowest BCUT2D eigenvalue weighted by molar-refractivity contribution is -0.159. The van der Waals surface area contributed by atoms with Crippen LogP contribution in [0.2, 0.25) is 0 Å². The molecule has 0 bridgehead atoms. The molecule has 0 aliphatic carbocycles. The van der Waals surface area contributed by atoms with Crippen LogP contribution in [-0.4, -0.2) is 54.5 Å². The van der Waals surface area contributed by atoms with Crippen LogP contribution in [0.1, 0.15) is 6.92 Å². The van der Waals surface area contributed by atoms with Crippen molar-refractivity contribution in [1.82, 2.24) is 19.5 Å². The third-order valence-corrected chi connectivity index (χ3v) is 2.73. The summed E-state index contributed by atoms with van der Waals surface area (Å²) in [5.74, 6) is -0.885. The van der Waals surface area contributed by atoms with Crippen molar-refractivity contribution in [2.75, 3.05) is 6.61 Å².